The first-order valence-electron chi connectivity index (χ1n) is 10.9. The van der Waals surface area contributed by atoms with Crippen molar-refractivity contribution in [1.29, 1.82) is 0 Å². The fraction of sp³-hybridized carbons (Fsp3) is 0.115. The van der Waals surface area contributed by atoms with Gasteiger partial charge in [-0.2, -0.15) is 5.10 Å². The van der Waals surface area contributed by atoms with Crippen LogP contribution < -0.4 is 10.2 Å². The fourth-order valence-corrected chi connectivity index (χ4v) is 4.27. The lowest BCUT2D eigenvalue weighted by molar-refractivity contribution is -0.131. The number of esters is 1. The number of thioether (sulfide) groups is 1. The van der Waals surface area contributed by atoms with Crippen LogP contribution in [-0.4, -0.2) is 38.1 Å². The van der Waals surface area contributed by atoms with Crippen molar-refractivity contribution in [1.82, 2.24) is 20.2 Å². The molecule has 1 N–H and O–H groups in total. The molecular formula is C26H22BrN5O3S. The van der Waals surface area contributed by atoms with Crippen LogP contribution in [0.5, 0.6) is 5.75 Å². The van der Waals surface area contributed by atoms with Crippen LogP contribution in [0.3, 0.4) is 0 Å². The van der Waals surface area contributed by atoms with Gasteiger partial charge in [-0.3, -0.25) is 14.2 Å². The average Bonchev–Trinajstić information content (AvgIpc) is 3.31. The molecule has 0 saturated carbocycles. The van der Waals surface area contributed by atoms with Crippen LogP contribution in [0.4, 0.5) is 0 Å². The second-order valence-corrected chi connectivity index (χ2v) is 9.48. The van der Waals surface area contributed by atoms with Crippen molar-refractivity contribution in [2.45, 2.75) is 19.0 Å². The second-order valence-electron chi connectivity index (χ2n) is 7.62. The summed E-state index contributed by atoms with van der Waals surface area (Å²) in [5, 5.41) is 13.5. The summed E-state index contributed by atoms with van der Waals surface area (Å²) < 4.78 is 7.92. The van der Waals surface area contributed by atoms with Gasteiger partial charge in [0, 0.05) is 22.6 Å². The Balaban J connectivity index is 1.46. The Hall–Kier alpha value is -3.76. The average molecular weight is 564 g/mol. The van der Waals surface area contributed by atoms with E-state index in [2.05, 4.69) is 36.7 Å². The molecule has 0 aliphatic carbocycles. The lowest BCUT2D eigenvalue weighted by atomic mass is 10.1. The zero-order valence-corrected chi connectivity index (χ0v) is 21.9. The smallest absolute Gasteiger partial charge is 0.308 e. The molecule has 182 valence electrons. The van der Waals surface area contributed by atoms with E-state index in [0.29, 0.717) is 22.4 Å². The fourth-order valence-electron chi connectivity index (χ4n) is 3.26. The summed E-state index contributed by atoms with van der Waals surface area (Å²) in [6, 6.07) is 24.5. The standard InChI is InChI=1S/C26H22BrN5O3S/c1-17(19-8-14-23(15-9-19)35-18(2)33)28-29-24(34)16-36-26-31-30-25(20-6-4-3-5-7-20)32(26)22-12-10-21(27)11-13-22/h3-15H,16H2,1-2H3,(H,29,34). The highest BCUT2D eigenvalue weighted by atomic mass is 79.9. The van der Waals surface area contributed by atoms with E-state index in [9.17, 15) is 9.59 Å². The van der Waals surface area contributed by atoms with Gasteiger partial charge >= 0.3 is 5.97 Å². The minimum atomic E-state index is -0.384. The van der Waals surface area contributed by atoms with Crippen molar-refractivity contribution < 1.29 is 14.3 Å². The van der Waals surface area contributed by atoms with E-state index in [1.165, 1.54) is 18.7 Å². The number of hydrazone groups is 1. The predicted octanol–water partition coefficient (Wildman–Crippen LogP) is 5.25. The van der Waals surface area contributed by atoms with Crippen LogP contribution >= 0.6 is 27.7 Å². The van der Waals surface area contributed by atoms with Gasteiger partial charge in [0.15, 0.2) is 11.0 Å². The van der Waals surface area contributed by atoms with Gasteiger partial charge in [0.1, 0.15) is 5.75 Å². The molecular weight excluding hydrogens is 542 g/mol. The van der Waals surface area contributed by atoms with Gasteiger partial charge in [-0.25, -0.2) is 5.43 Å². The van der Waals surface area contributed by atoms with E-state index in [-0.39, 0.29) is 17.6 Å². The maximum absolute atomic E-state index is 12.5. The van der Waals surface area contributed by atoms with E-state index in [0.717, 1.165) is 21.3 Å². The van der Waals surface area contributed by atoms with Crippen molar-refractivity contribution in [3.63, 3.8) is 0 Å². The van der Waals surface area contributed by atoms with E-state index in [1.807, 2.05) is 59.2 Å². The Labute approximate surface area is 220 Å². The normalized spacial score (nSPS) is 11.2. The van der Waals surface area contributed by atoms with Gasteiger partial charge in [-0.05, 0) is 61.0 Å². The van der Waals surface area contributed by atoms with Crippen molar-refractivity contribution in [2.75, 3.05) is 5.75 Å². The number of carbonyl (C=O) groups is 2. The van der Waals surface area contributed by atoms with Crippen LogP contribution in [0, 0.1) is 0 Å². The molecule has 0 radical (unpaired) electrons. The van der Waals surface area contributed by atoms with Gasteiger partial charge in [0.05, 0.1) is 11.5 Å². The monoisotopic (exact) mass is 563 g/mol. The molecule has 1 heterocycles. The van der Waals surface area contributed by atoms with E-state index in [4.69, 9.17) is 4.74 Å². The van der Waals surface area contributed by atoms with Gasteiger partial charge < -0.3 is 4.74 Å². The molecule has 0 aliphatic rings. The van der Waals surface area contributed by atoms with Crippen LogP contribution in [0.1, 0.15) is 19.4 Å². The summed E-state index contributed by atoms with van der Waals surface area (Å²) in [5.74, 6) is 0.578. The van der Waals surface area contributed by atoms with Crippen molar-refractivity contribution in [2.24, 2.45) is 5.10 Å². The highest BCUT2D eigenvalue weighted by Gasteiger charge is 2.17. The van der Waals surface area contributed by atoms with Gasteiger partial charge in [0.25, 0.3) is 5.91 Å². The van der Waals surface area contributed by atoms with Crippen LogP contribution in [0.25, 0.3) is 17.1 Å². The molecule has 0 spiro atoms. The SMILES string of the molecule is CC(=O)Oc1ccc(C(C)=NNC(=O)CSc2nnc(-c3ccccc3)n2-c2ccc(Br)cc2)cc1. The third kappa shape index (κ3) is 6.46. The predicted molar refractivity (Wildman–Crippen MR) is 143 cm³/mol. The Bertz CT molecular complexity index is 1390. The Morgan fingerprint density at radius 2 is 1.67 bits per heavy atom. The molecule has 36 heavy (non-hydrogen) atoms. The highest BCUT2D eigenvalue weighted by Crippen LogP contribution is 2.28. The number of nitrogens with zero attached hydrogens (tertiary/aromatic N) is 4. The molecule has 1 aromatic heterocycles. The number of nitrogens with one attached hydrogen (secondary N) is 1. The Morgan fingerprint density at radius 1 is 0.972 bits per heavy atom. The molecule has 4 rings (SSSR count). The second kappa shape index (κ2) is 11.8. The molecule has 0 aliphatic heterocycles. The van der Waals surface area contributed by atoms with Crippen molar-refractivity contribution in [3.8, 4) is 22.8 Å². The first-order valence-corrected chi connectivity index (χ1v) is 12.7. The number of hydrogen-bond donors (Lipinski definition) is 1. The first kappa shape index (κ1) is 25.3. The number of aromatic nitrogens is 3. The molecule has 4 aromatic rings. The number of hydrogen-bond acceptors (Lipinski definition) is 7. The molecule has 8 nitrogen and oxygen atoms in total. The maximum Gasteiger partial charge on any atom is 0.308 e. The first-order chi connectivity index (χ1) is 17.4. The number of halogens is 1. The van der Waals surface area contributed by atoms with Gasteiger partial charge in [-0.1, -0.05) is 58.0 Å². The molecule has 3 aromatic carbocycles. The van der Waals surface area contributed by atoms with Crippen LogP contribution in [-0.2, 0) is 9.59 Å². The number of carbonyl (C=O) groups excluding carboxylic acids is 2. The lowest BCUT2D eigenvalue weighted by Gasteiger charge is -2.10. The topological polar surface area (TPSA) is 98.5 Å². The zero-order chi connectivity index (χ0) is 25.5. The maximum atomic E-state index is 12.5. The summed E-state index contributed by atoms with van der Waals surface area (Å²) in [7, 11) is 0. The van der Waals surface area contributed by atoms with E-state index < -0.39 is 0 Å². The largest absolute Gasteiger partial charge is 0.427 e. The molecule has 0 bridgehead atoms. The molecule has 10 heteroatoms. The zero-order valence-electron chi connectivity index (χ0n) is 19.5. The van der Waals surface area contributed by atoms with Crippen LogP contribution in [0.2, 0.25) is 0 Å². The van der Waals surface area contributed by atoms with Crippen LogP contribution in [0.15, 0.2) is 93.6 Å². The summed E-state index contributed by atoms with van der Waals surface area (Å²) in [6.45, 7) is 3.13. The van der Waals surface area contributed by atoms with E-state index in [1.54, 1.807) is 31.2 Å². The van der Waals surface area contributed by atoms with Crippen molar-refractivity contribution >= 4 is 45.3 Å². The number of ether oxygens (including phenoxy) is 1. The third-order valence-electron chi connectivity index (χ3n) is 4.96. The van der Waals surface area contributed by atoms with Crippen molar-refractivity contribution in [3.05, 3.63) is 88.9 Å². The molecule has 0 unspecified atom stereocenters. The third-order valence-corrected chi connectivity index (χ3v) is 6.42. The quantitative estimate of drug-likeness (QED) is 0.103. The number of benzene rings is 3. The Morgan fingerprint density at radius 3 is 2.33 bits per heavy atom. The minimum Gasteiger partial charge on any atom is -0.427 e. The van der Waals surface area contributed by atoms with E-state index >= 15 is 0 Å². The minimum absolute atomic E-state index is 0.103. The molecule has 0 fully saturated rings. The molecule has 0 saturated heterocycles. The summed E-state index contributed by atoms with van der Waals surface area (Å²) >= 11 is 4.74. The summed E-state index contributed by atoms with van der Waals surface area (Å²) in [6.07, 6.45) is 0. The summed E-state index contributed by atoms with van der Waals surface area (Å²) in [5.41, 5.74) is 5.80. The molecule has 0 atom stereocenters. The van der Waals surface area contributed by atoms with Gasteiger partial charge in [0.2, 0.25) is 0 Å². The Kier molecular flexibility index (Phi) is 8.29. The summed E-state index contributed by atoms with van der Waals surface area (Å²) in [4.78, 5) is 23.6. The number of amides is 1. The lowest BCUT2D eigenvalue weighted by Crippen LogP contribution is -2.21. The number of rotatable bonds is 8. The molecule has 1 amide bonds. The van der Waals surface area contributed by atoms with Gasteiger partial charge in [-0.15, -0.1) is 10.2 Å². The highest BCUT2D eigenvalue weighted by molar-refractivity contribution is 9.10.